The average molecular weight is 314 g/mol. The van der Waals surface area contributed by atoms with Crippen molar-refractivity contribution < 1.29 is 9.59 Å². The van der Waals surface area contributed by atoms with E-state index in [1.165, 1.54) is 11.3 Å². The van der Waals surface area contributed by atoms with Crippen molar-refractivity contribution in [1.29, 1.82) is 0 Å². The molecule has 4 nitrogen and oxygen atoms in total. The molecule has 114 valence electrons. The maximum atomic E-state index is 12.4. The summed E-state index contributed by atoms with van der Waals surface area (Å²) < 4.78 is 0. The molecule has 2 aromatic rings. The number of amides is 1. The van der Waals surface area contributed by atoms with Crippen LogP contribution in [-0.4, -0.2) is 16.7 Å². The van der Waals surface area contributed by atoms with Gasteiger partial charge in [-0.25, -0.2) is 4.98 Å². The minimum atomic E-state index is -0.0930. The number of Topliss-reactive ketones (excluding diaryl/α,β-unsaturated/α-hetero) is 1. The maximum absolute atomic E-state index is 12.4. The van der Waals surface area contributed by atoms with Crippen molar-refractivity contribution >= 4 is 23.0 Å². The highest BCUT2D eigenvalue weighted by Crippen LogP contribution is 2.42. The summed E-state index contributed by atoms with van der Waals surface area (Å²) >= 11 is 1.41. The molecule has 0 spiro atoms. The van der Waals surface area contributed by atoms with Gasteiger partial charge in [-0.05, 0) is 37.8 Å². The number of hydrogen-bond donors (Lipinski definition) is 1. The molecule has 1 N–H and O–H groups in total. The monoisotopic (exact) mass is 314 g/mol. The minimum Gasteiger partial charge on any atom is -0.343 e. The van der Waals surface area contributed by atoms with Gasteiger partial charge in [0.2, 0.25) is 0 Å². The molecular formula is C17H18N2O2S. The summed E-state index contributed by atoms with van der Waals surface area (Å²) in [6.45, 7) is 3.40. The fourth-order valence-electron chi connectivity index (χ4n) is 2.50. The largest absolute Gasteiger partial charge is 0.343 e. The number of rotatable bonds is 5. The van der Waals surface area contributed by atoms with E-state index in [0.717, 1.165) is 23.5 Å². The smallest absolute Gasteiger partial charge is 0.251 e. The van der Waals surface area contributed by atoms with Crippen LogP contribution in [0.5, 0.6) is 0 Å². The number of benzene rings is 1. The van der Waals surface area contributed by atoms with Gasteiger partial charge in [-0.3, -0.25) is 9.59 Å². The zero-order chi connectivity index (χ0) is 15.7. The van der Waals surface area contributed by atoms with Crippen LogP contribution in [0.4, 0.5) is 0 Å². The van der Waals surface area contributed by atoms with Crippen molar-refractivity contribution in [3.05, 3.63) is 51.5 Å². The molecule has 1 aromatic heterocycles. The van der Waals surface area contributed by atoms with E-state index in [-0.39, 0.29) is 17.7 Å². The van der Waals surface area contributed by atoms with Gasteiger partial charge in [0, 0.05) is 12.5 Å². The van der Waals surface area contributed by atoms with Crippen LogP contribution < -0.4 is 5.32 Å². The van der Waals surface area contributed by atoms with E-state index in [9.17, 15) is 9.59 Å². The van der Waals surface area contributed by atoms with E-state index in [1.54, 1.807) is 19.1 Å². The molecule has 1 aliphatic rings. The van der Waals surface area contributed by atoms with Gasteiger partial charge < -0.3 is 5.32 Å². The molecule has 5 heteroatoms. The third kappa shape index (κ3) is 3.09. The lowest BCUT2D eigenvalue weighted by Gasteiger charge is -2.15. The molecule has 1 heterocycles. The van der Waals surface area contributed by atoms with Gasteiger partial charge in [-0.15, -0.1) is 11.3 Å². The summed E-state index contributed by atoms with van der Waals surface area (Å²) in [4.78, 5) is 29.2. The summed E-state index contributed by atoms with van der Waals surface area (Å²) in [5.41, 5.74) is 1.40. The van der Waals surface area contributed by atoms with Crippen LogP contribution in [0.3, 0.4) is 0 Å². The topological polar surface area (TPSA) is 59.1 Å². The van der Waals surface area contributed by atoms with Gasteiger partial charge in [0.05, 0.1) is 16.6 Å². The van der Waals surface area contributed by atoms with Crippen LogP contribution in [0, 0.1) is 12.8 Å². The summed E-state index contributed by atoms with van der Waals surface area (Å²) in [7, 11) is 0. The third-order valence-electron chi connectivity index (χ3n) is 3.81. The molecule has 1 amide bonds. The molecular weight excluding hydrogens is 296 g/mol. The molecule has 1 fully saturated rings. The van der Waals surface area contributed by atoms with E-state index in [1.807, 2.05) is 25.1 Å². The van der Waals surface area contributed by atoms with Gasteiger partial charge in [0.1, 0.15) is 5.01 Å². The summed E-state index contributed by atoms with van der Waals surface area (Å²) in [6.07, 6.45) is 2.18. The van der Waals surface area contributed by atoms with Crippen LogP contribution in [-0.2, 0) is 0 Å². The second-order valence-electron chi connectivity index (χ2n) is 5.68. The van der Waals surface area contributed by atoms with Gasteiger partial charge >= 0.3 is 0 Å². The van der Waals surface area contributed by atoms with Crippen LogP contribution in [0.2, 0.25) is 0 Å². The van der Waals surface area contributed by atoms with Crippen molar-refractivity contribution in [2.24, 2.45) is 5.92 Å². The van der Waals surface area contributed by atoms with E-state index in [0.29, 0.717) is 16.4 Å². The highest BCUT2D eigenvalue weighted by atomic mass is 32.1. The molecule has 1 saturated carbocycles. The lowest BCUT2D eigenvalue weighted by atomic mass is 10.1. The van der Waals surface area contributed by atoms with Crippen molar-refractivity contribution in [2.75, 3.05) is 0 Å². The normalized spacial score (nSPS) is 15.4. The summed E-state index contributed by atoms with van der Waals surface area (Å²) in [5.74, 6) is 0.373. The molecule has 22 heavy (non-hydrogen) atoms. The number of ketones is 1. The number of aromatic nitrogens is 1. The first-order valence-corrected chi connectivity index (χ1v) is 8.22. The van der Waals surface area contributed by atoms with Crippen LogP contribution in [0.15, 0.2) is 30.3 Å². The molecule has 0 unspecified atom stereocenters. The first-order chi connectivity index (χ1) is 10.6. The number of carbonyl (C=O) groups is 2. The van der Waals surface area contributed by atoms with Gasteiger partial charge in [-0.1, -0.05) is 18.2 Å². The number of hydrogen-bond acceptors (Lipinski definition) is 4. The second-order valence-corrected chi connectivity index (χ2v) is 6.71. The maximum Gasteiger partial charge on any atom is 0.251 e. The number of carbonyl (C=O) groups excluding carboxylic acids is 2. The summed E-state index contributed by atoms with van der Waals surface area (Å²) in [6, 6.07) is 9.09. The fourth-order valence-corrected chi connectivity index (χ4v) is 3.61. The van der Waals surface area contributed by atoms with Crippen LogP contribution >= 0.6 is 11.3 Å². The quantitative estimate of drug-likeness (QED) is 0.859. The lowest BCUT2D eigenvalue weighted by Crippen LogP contribution is -2.29. The first kappa shape index (κ1) is 14.9. The molecule has 1 aromatic carbocycles. The number of nitrogens with zero attached hydrogens (tertiary/aromatic N) is 1. The highest BCUT2D eigenvalue weighted by Gasteiger charge is 2.36. The Morgan fingerprint density at radius 1 is 1.27 bits per heavy atom. The Hall–Kier alpha value is -2.01. The molecule has 1 atom stereocenters. The van der Waals surface area contributed by atoms with E-state index in [2.05, 4.69) is 10.3 Å². The van der Waals surface area contributed by atoms with Gasteiger partial charge in [-0.2, -0.15) is 0 Å². The predicted octanol–water partition coefficient (Wildman–Crippen LogP) is 3.54. The fraction of sp³-hybridized carbons (Fsp3) is 0.353. The van der Waals surface area contributed by atoms with Crippen LogP contribution in [0.25, 0.3) is 0 Å². The highest BCUT2D eigenvalue weighted by molar-refractivity contribution is 7.13. The van der Waals surface area contributed by atoms with E-state index >= 15 is 0 Å². The molecule has 0 saturated heterocycles. The Kier molecular flexibility index (Phi) is 4.07. The zero-order valence-corrected chi connectivity index (χ0v) is 13.4. The Morgan fingerprint density at radius 2 is 1.95 bits per heavy atom. The molecule has 1 aliphatic carbocycles. The third-order valence-corrected chi connectivity index (χ3v) is 5.16. The zero-order valence-electron chi connectivity index (χ0n) is 12.6. The molecule has 0 bridgehead atoms. The lowest BCUT2D eigenvalue weighted by molar-refractivity contribution is 0.0931. The van der Waals surface area contributed by atoms with Crippen molar-refractivity contribution in [1.82, 2.24) is 10.3 Å². The van der Waals surface area contributed by atoms with Crippen molar-refractivity contribution in [2.45, 2.75) is 32.7 Å². The van der Waals surface area contributed by atoms with Gasteiger partial charge in [0.25, 0.3) is 5.91 Å². The number of aryl methyl sites for hydroxylation is 1. The Labute approximate surface area is 133 Å². The molecule has 0 radical (unpaired) electrons. The molecule has 0 aliphatic heterocycles. The van der Waals surface area contributed by atoms with Crippen molar-refractivity contribution in [3.63, 3.8) is 0 Å². The van der Waals surface area contributed by atoms with E-state index < -0.39 is 0 Å². The Bertz CT molecular complexity index is 705. The predicted molar refractivity (Wildman–Crippen MR) is 86.2 cm³/mol. The Morgan fingerprint density at radius 3 is 2.50 bits per heavy atom. The standard InChI is InChI=1S/C17H18N2O2S/c1-10-15(11(2)20)22-17(18-10)14(12-8-9-12)19-16(21)13-6-4-3-5-7-13/h3-7,12,14H,8-9H2,1-2H3,(H,19,21)/t14-/m1/s1. The SMILES string of the molecule is CC(=O)c1sc([C@H](NC(=O)c2ccccc2)C2CC2)nc1C. The number of thiazole rings is 1. The second kappa shape index (κ2) is 6.01. The Balaban J connectivity index is 1.83. The van der Waals surface area contributed by atoms with Crippen molar-refractivity contribution in [3.8, 4) is 0 Å². The van der Waals surface area contributed by atoms with E-state index in [4.69, 9.17) is 0 Å². The first-order valence-electron chi connectivity index (χ1n) is 7.40. The summed E-state index contributed by atoms with van der Waals surface area (Å²) in [5, 5.41) is 3.93. The van der Waals surface area contributed by atoms with Gasteiger partial charge in [0.15, 0.2) is 5.78 Å². The molecule has 3 rings (SSSR count). The van der Waals surface area contributed by atoms with Crippen LogP contribution in [0.1, 0.15) is 56.5 Å². The minimum absolute atomic E-state index is 0.0326. The number of nitrogens with one attached hydrogen (secondary N) is 1. The average Bonchev–Trinajstić information content (AvgIpc) is 3.27.